The van der Waals surface area contributed by atoms with Crippen LogP contribution in [-0.2, 0) is 0 Å². The molecule has 0 saturated heterocycles. The zero-order valence-corrected chi connectivity index (χ0v) is 10.1. The predicted octanol–water partition coefficient (Wildman–Crippen LogP) is 3.99. The highest BCUT2D eigenvalue weighted by molar-refractivity contribution is 6.35. The number of rotatable bonds is 3. The summed E-state index contributed by atoms with van der Waals surface area (Å²) in [6, 6.07) is 6.47. The number of carbonyl (C=O) groups excluding carboxylic acids is 1. The summed E-state index contributed by atoms with van der Waals surface area (Å²) in [5.41, 5.74) is 0.438. The van der Waals surface area contributed by atoms with Crippen LogP contribution < -0.4 is 4.74 Å². The number of pyridine rings is 1. The van der Waals surface area contributed by atoms with Gasteiger partial charge in [-0.1, -0.05) is 23.2 Å². The average Bonchev–Trinajstić information content (AvgIpc) is 2.33. The standard InChI is InChI=1S/C12H7Cl2NO2/c13-9-1-2-12(11(14)4-9)17-10-3-8(7-16)5-15-6-10/h1-7H. The second-order valence-corrected chi connectivity index (χ2v) is 4.09. The first-order valence-corrected chi connectivity index (χ1v) is 5.48. The SMILES string of the molecule is O=Cc1cncc(Oc2ccc(Cl)cc2Cl)c1. The molecule has 0 aliphatic carbocycles. The van der Waals surface area contributed by atoms with Crippen molar-refractivity contribution in [2.45, 2.75) is 0 Å². The van der Waals surface area contributed by atoms with E-state index in [1.807, 2.05) is 0 Å². The first kappa shape index (κ1) is 11.9. The van der Waals surface area contributed by atoms with Gasteiger partial charge in [0.15, 0.2) is 6.29 Å². The molecule has 0 unspecified atom stereocenters. The number of ether oxygens (including phenoxy) is 1. The Labute approximate surface area is 108 Å². The Morgan fingerprint density at radius 3 is 2.71 bits per heavy atom. The third-order valence-electron chi connectivity index (χ3n) is 1.99. The van der Waals surface area contributed by atoms with E-state index in [1.165, 1.54) is 12.4 Å². The Morgan fingerprint density at radius 2 is 2.00 bits per heavy atom. The number of halogens is 2. The van der Waals surface area contributed by atoms with Crippen LogP contribution in [0.5, 0.6) is 11.5 Å². The molecule has 5 heteroatoms. The van der Waals surface area contributed by atoms with Crippen molar-refractivity contribution in [3.63, 3.8) is 0 Å². The molecule has 86 valence electrons. The number of aldehydes is 1. The van der Waals surface area contributed by atoms with Crippen LogP contribution in [0.25, 0.3) is 0 Å². The largest absolute Gasteiger partial charge is 0.454 e. The van der Waals surface area contributed by atoms with E-state index in [1.54, 1.807) is 24.3 Å². The molecule has 17 heavy (non-hydrogen) atoms. The second kappa shape index (κ2) is 5.17. The molecule has 2 aromatic rings. The van der Waals surface area contributed by atoms with Crippen molar-refractivity contribution in [2.75, 3.05) is 0 Å². The van der Waals surface area contributed by atoms with Gasteiger partial charge in [-0.2, -0.15) is 0 Å². The van der Waals surface area contributed by atoms with Crippen molar-refractivity contribution in [3.8, 4) is 11.5 Å². The first-order valence-electron chi connectivity index (χ1n) is 4.72. The van der Waals surface area contributed by atoms with Crippen molar-refractivity contribution >= 4 is 29.5 Å². The van der Waals surface area contributed by atoms with Crippen molar-refractivity contribution in [2.24, 2.45) is 0 Å². The molecule has 0 N–H and O–H groups in total. The molecule has 1 heterocycles. The molecular weight excluding hydrogens is 261 g/mol. The van der Waals surface area contributed by atoms with E-state index in [0.717, 1.165) is 0 Å². The van der Waals surface area contributed by atoms with Gasteiger partial charge in [-0.25, -0.2) is 0 Å². The number of carbonyl (C=O) groups is 1. The zero-order chi connectivity index (χ0) is 12.3. The topological polar surface area (TPSA) is 39.2 Å². The summed E-state index contributed by atoms with van der Waals surface area (Å²) < 4.78 is 5.49. The van der Waals surface area contributed by atoms with Crippen LogP contribution in [0.3, 0.4) is 0 Å². The molecule has 0 radical (unpaired) electrons. The fraction of sp³-hybridized carbons (Fsp3) is 0. The van der Waals surface area contributed by atoms with Gasteiger partial charge in [-0.3, -0.25) is 9.78 Å². The van der Waals surface area contributed by atoms with E-state index in [-0.39, 0.29) is 0 Å². The van der Waals surface area contributed by atoms with Gasteiger partial charge >= 0.3 is 0 Å². The molecule has 1 aromatic carbocycles. The fourth-order valence-corrected chi connectivity index (χ4v) is 1.69. The van der Waals surface area contributed by atoms with Crippen LogP contribution in [-0.4, -0.2) is 11.3 Å². The lowest BCUT2D eigenvalue weighted by atomic mass is 10.3. The van der Waals surface area contributed by atoms with Crippen LogP contribution in [0.15, 0.2) is 36.7 Å². The van der Waals surface area contributed by atoms with E-state index >= 15 is 0 Å². The van der Waals surface area contributed by atoms with Gasteiger partial charge in [0.1, 0.15) is 11.5 Å². The lowest BCUT2D eigenvalue weighted by Gasteiger charge is -2.07. The van der Waals surface area contributed by atoms with Gasteiger partial charge in [0.2, 0.25) is 0 Å². The van der Waals surface area contributed by atoms with Crippen LogP contribution in [0.4, 0.5) is 0 Å². The minimum Gasteiger partial charge on any atom is -0.454 e. The fourth-order valence-electron chi connectivity index (χ4n) is 1.24. The molecule has 0 atom stereocenters. The molecule has 2 rings (SSSR count). The summed E-state index contributed by atoms with van der Waals surface area (Å²) in [6.07, 6.45) is 3.64. The van der Waals surface area contributed by atoms with Gasteiger partial charge in [0.25, 0.3) is 0 Å². The predicted molar refractivity (Wildman–Crippen MR) is 66.2 cm³/mol. The molecule has 0 fully saturated rings. The summed E-state index contributed by atoms with van der Waals surface area (Å²) in [4.78, 5) is 14.5. The van der Waals surface area contributed by atoms with Crippen LogP contribution >= 0.6 is 23.2 Å². The number of hydrogen-bond acceptors (Lipinski definition) is 3. The van der Waals surface area contributed by atoms with E-state index in [4.69, 9.17) is 27.9 Å². The van der Waals surface area contributed by atoms with Crippen LogP contribution in [0.2, 0.25) is 10.0 Å². The Balaban J connectivity index is 2.27. The molecule has 0 aliphatic rings. The monoisotopic (exact) mass is 267 g/mol. The molecule has 3 nitrogen and oxygen atoms in total. The first-order chi connectivity index (χ1) is 8.19. The highest BCUT2D eigenvalue weighted by Gasteiger charge is 2.04. The average molecular weight is 268 g/mol. The highest BCUT2D eigenvalue weighted by atomic mass is 35.5. The van der Waals surface area contributed by atoms with E-state index in [0.29, 0.717) is 33.4 Å². The molecule has 1 aromatic heterocycles. The summed E-state index contributed by atoms with van der Waals surface area (Å²) >= 11 is 11.7. The van der Waals surface area contributed by atoms with Crippen LogP contribution in [0, 0.1) is 0 Å². The number of aromatic nitrogens is 1. The lowest BCUT2D eigenvalue weighted by molar-refractivity contribution is 0.112. The summed E-state index contributed by atoms with van der Waals surface area (Å²) in [7, 11) is 0. The van der Waals surface area contributed by atoms with Crippen LogP contribution in [0.1, 0.15) is 10.4 Å². The third kappa shape index (κ3) is 2.96. The summed E-state index contributed by atoms with van der Waals surface area (Å²) in [5, 5.41) is 0.927. The van der Waals surface area contributed by atoms with Crippen molar-refractivity contribution in [1.29, 1.82) is 0 Å². The van der Waals surface area contributed by atoms with E-state index in [2.05, 4.69) is 4.98 Å². The number of nitrogens with zero attached hydrogens (tertiary/aromatic N) is 1. The molecule has 0 spiro atoms. The normalized spacial score (nSPS) is 10.0. The van der Waals surface area contributed by atoms with Crippen molar-refractivity contribution in [1.82, 2.24) is 4.98 Å². The molecule has 0 bridgehead atoms. The minimum atomic E-state index is 0.397. The Bertz CT molecular complexity index is 558. The highest BCUT2D eigenvalue weighted by Crippen LogP contribution is 2.31. The molecule has 0 saturated carbocycles. The van der Waals surface area contributed by atoms with Gasteiger partial charge in [-0.15, -0.1) is 0 Å². The van der Waals surface area contributed by atoms with E-state index < -0.39 is 0 Å². The van der Waals surface area contributed by atoms with Gasteiger partial charge in [-0.05, 0) is 24.3 Å². The molecular formula is C12H7Cl2NO2. The maximum Gasteiger partial charge on any atom is 0.151 e. The van der Waals surface area contributed by atoms with Gasteiger partial charge < -0.3 is 4.74 Å². The zero-order valence-electron chi connectivity index (χ0n) is 8.56. The Morgan fingerprint density at radius 1 is 1.18 bits per heavy atom. The number of hydrogen-bond donors (Lipinski definition) is 0. The summed E-state index contributed by atoms with van der Waals surface area (Å²) in [5.74, 6) is 0.903. The van der Waals surface area contributed by atoms with E-state index in [9.17, 15) is 4.79 Å². The Kier molecular flexibility index (Phi) is 3.61. The second-order valence-electron chi connectivity index (χ2n) is 3.25. The van der Waals surface area contributed by atoms with Crippen molar-refractivity contribution in [3.05, 3.63) is 52.3 Å². The lowest BCUT2D eigenvalue weighted by Crippen LogP contribution is -1.89. The third-order valence-corrected chi connectivity index (χ3v) is 2.52. The number of benzene rings is 1. The minimum absolute atomic E-state index is 0.397. The smallest absolute Gasteiger partial charge is 0.151 e. The van der Waals surface area contributed by atoms with Gasteiger partial charge in [0.05, 0.1) is 11.2 Å². The quantitative estimate of drug-likeness (QED) is 0.790. The summed E-state index contributed by atoms with van der Waals surface area (Å²) in [6.45, 7) is 0. The van der Waals surface area contributed by atoms with Gasteiger partial charge in [0, 0.05) is 16.8 Å². The maximum absolute atomic E-state index is 10.6. The maximum atomic E-state index is 10.6. The Hall–Kier alpha value is -1.58. The molecule has 0 aliphatic heterocycles. The molecule has 0 amide bonds. The van der Waals surface area contributed by atoms with Crippen molar-refractivity contribution < 1.29 is 9.53 Å².